The molecule has 1 aromatic carbocycles. The summed E-state index contributed by atoms with van der Waals surface area (Å²) in [6.07, 6.45) is 5.12. The summed E-state index contributed by atoms with van der Waals surface area (Å²) in [7, 11) is 0. The first-order valence-electron chi connectivity index (χ1n) is 8.94. The van der Waals surface area contributed by atoms with Crippen molar-refractivity contribution in [2.75, 3.05) is 6.54 Å². The van der Waals surface area contributed by atoms with Crippen LogP contribution in [-0.4, -0.2) is 34.2 Å². The third-order valence-electron chi connectivity index (χ3n) is 4.11. The largest absolute Gasteiger partial charge is 0.444 e. The summed E-state index contributed by atoms with van der Waals surface area (Å²) in [4.78, 5) is 18.4. The molecule has 3 rings (SSSR count). The molecule has 1 saturated heterocycles. The van der Waals surface area contributed by atoms with Crippen molar-refractivity contribution in [3.63, 3.8) is 0 Å². The van der Waals surface area contributed by atoms with Crippen LogP contribution in [0.15, 0.2) is 48.8 Å². The zero-order chi connectivity index (χ0) is 18.6. The maximum Gasteiger partial charge on any atom is 0.411 e. The standard InChI is InChI=1S/C22H24N2O2/c1-22(2,3)26-21(25)24-13-7-10-20(24)12-11-17-14-19(16-23-15-17)18-8-5-4-6-9-18/h4-6,8-9,14-16,20H,7,10,13H2,1-3H3. The van der Waals surface area contributed by atoms with Crippen LogP contribution in [0.25, 0.3) is 11.1 Å². The Morgan fingerprint density at radius 3 is 2.69 bits per heavy atom. The van der Waals surface area contributed by atoms with E-state index in [1.54, 1.807) is 11.1 Å². The van der Waals surface area contributed by atoms with Crippen LogP contribution < -0.4 is 0 Å². The second-order valence-electron chi connectivity index (χ2n) is 7.43. The van der Waals surface area contributed by atoms with Crippen LogP contribution in [0.5, 0.6) is 0 Å². The van der Waals surface area contributed by atoms with Gasteiger partial charge in [-0.15, -0.1) is 0 Å². The van der Waals surface area contributed by atoms with E-state index in [1.807, 2.05) is 51.2 Å². The number of amides is 1. The number of aromatic nitrogens is 1. The third kappa shape index (κ3) is 4.64. The van der Waals surface area contributed by atoms with Gasteiger partial charge in [0.1, 0.15) is 5.60 Å². The molecule has 1 fully saturated rings. The number of hydrogen-bond donors (Lipinski definition) is 0. The van der Waals surface area contributed by atoms with Crippen LogP contribution >= 0.6 is 0 Å². The summed E-state index contributed by atoms with van der Waals surface area (Å²) < 4.78 is 5.49. The van der Waals surface area contributed by atoms with E-state index in [4.69, 9.17) is 4.74 Å². The molecule has 0 radical (unpaired) electrons. The highest BCUT2D eigenvalue weighted by Gasteiger charge is 2.31. The van der Waals surface area contributed by atoms with Gasteiger partial charge in [0, 0.05) is 30.1 Å². The van der Waals surface area contributed by atoms with Crippen LogP contribution in [0, 0.1) is 11.8 Å². The van der Waals surface area contributed by atoms with Crippen molar-refractivity contribution in [3.05, 3.63) is 54.4 Å². The Bertz CT molecular complexity index is 828. The maximum atomic E-state index is 12.3. The second kappa shape index (κ2) is 7.61. The average Bonchev–Trinajstić information content (AvgIpc) is 3.08. The van der Waals surface area contributed by atoms with Crippen LogP contribution in [0.1, 0.15) is 39.2 Å². The van der Waals surface area contributed by atoms with Crippen molar-refractivity contribution in [2.45, 2.75) is 45.3 Å². The molecular weight excluding hydrogens is 324 g/mol. The number of rotatable bonds is 1. The zero-order valence-electron chi connectivity index (χ0n) is 15.5. The van der Waals surface area contributed by atoms with E-state index in [-0.39, 0.29) is 12.1 Å². The number of hydrogen-bond acceptors (Lipinski definition) is 3. The van der Waals surface area contributed by atoms with Gasteiger partial charge < -0.3 is 4.74 Å². The van der Waals surface area contributed by atoms with Crippen molar-refractivity contribution in [1.82, 2.24) is 9.88 Å². The summed E-state index contributed by atoms with van der Waals surface area (Å²) in [5, 5.41) is 0. The van der Waals surface area contributed by atoms with Crippen LogP contribution in [0.2, 0.25) is 0 Å². The van der Waals surface area contributed by atoms with E-state index >= 15 is 0 Å². The van der Waals surface area contributed by atoms with Crippen molar-refractivity contribution in [2.24, 2.45) is 0 Å². The van der Waals surface area contributed by atoms with Gasteiger partial charge in [-0.2, -0.15) is 0 Å². The van der Waals surface area contributed by atoms with Crippen molar-refractivity contribution in [3.8, 4) is 23.0 Å². The van der Waals surface area contributed by atoms with E-state index in [2.05, 4.69) is 29.0 Å². The maximum absolute atomic E-state index is 12.3. The van der Waals surface area contributed by atoms with Crippen molar-refractivity contribution < 1.29 is 9.53 Å². The molecule has 1 unspecified atom stereocenters. The van der Waals surface area contributed by atoms with Gasteiger partial charge >= 0.3 is 6.09 Å². The normalized spacial score (nSPS) is 16.7. The number of pyridine rings is 1. The van der Waals surface area contributed by atoms with Gasteiger partial charge in [0.15, 0.2) is 0 Å². The number of ether oxygens (including phenoxy) is 1. The summed E-state index contributed by atoms with van der Waals surface area (Å²) in [5.74, 6) is 6.41. The lowest BCUT2D eigenvalue weighted by atomic mass is 10.1. The molecule has 0 aliphatic carbocycles. The summed E-state index contributed by atoms with van der Waals surface area (Å²) >= 11 is 0. The molecule has 4 heteroatoms. The molecule has 2 aromatic rings. The molecule has 1 atom stereocenters. The molecule has 0 bridgehead atoms. The van der Waals surface area contributed by atoms with E-state index in [0.29, 0.717) is 6.54 Å². The fraction of sp³-hybridized carbons (Fsp3) is 0.364. The van der Waals surface area contributed by atoms with E-state index < -0.39 is 5.60 Å². The predicted molar refractivity (Wildman–Crippen MR) is 103 cm³/mol. The first-order chi connectivity index (χ1) is 12.4. The number of benzene rings is 1. The zero-order valence-corrected chi connectivity index (χ0v) is 15.5. The molecule has 2 heterocycles. The van der Waals surface area contributed by atoms with Gasteiger partial charge in [-0.25, -0.2) is 4.79 Å². The molecule has 0 spiro atoms. The monoisotopic (exact) mass is 348 g/mol. The van der Waals surface area contributed by atoms with Crippen LogP contribution in [-0.2, 0) is 4.74 Å². The Kier molecular flexibility index (Phi) is 5.27. The molecule has 1 aliphatic heterocycles. The first-order valence-corrected chi connectivity index (χ1v) is 8.94. The number of carbonyl (C=O) groups is 1. The molecule has 0 N–H and O–H groups in total. The number of nitrogens with zero attached hydrogens (tertiary/aromatic N) is 2. The highest BCUT2D eigenvalue weighted by atomic mass is 16.6. The molecule has 1 aromatic heterocycles. The Balaban J connectivity index is 1.75. The minimum Gasteiger partial charge on any atom is -0.444 e. The summed E-state index contributed by atoms with van der Waals surface area (Å²) in [6, 6.07) is 12.0. The lowest BCUT2D eigenvalue weighted by Gasteiger charge is -2.26. The fourth-order valence-corrected chi connectivity index (χ4v) is 2.92. The van der Waals surface area contributed by atoms with Crippen molar-refractivity contribution in [1.29, 1.82) is 0 Å². The van der Waals surface area contributed by atoms with Crippen LogP contribution in [0.4, 0.5) is 4.79 Å². The van der Waals surface area contributed by atoms with Gasteiger partial charge in [-0.3, -0.25) is 9.88 Å². The van der Waals surface area contributed by atoms with Crippen molar-refractivity contribution >= 4 is 6.09 Å². The van der Waals surface area contributed by atoms with Crippen LogP contribution in [0.3, 0.4) is 0 Å². The highest BCUT2D eigenvalue weighted by molar-refractivity contribution is 5.69. The van der Waals surface area contributed by atoms with Gasteiger partial charge in [0.25, 0.3) is 0 Å². The fourth-order valence-electron chi connectivity index (χ4n) is 2.92. The van der Waals surface area contributed by atoms with Gasteiger partial charge in [-0.05, 0) is 45.2 Å². The molecule has 1 amide bonds. The first kappa shape index (κ1) is 18.0. The smallest absolute Gasteiger partial charge is 0.411 e. The number of likely N-dealkylation sites (tertiary alicyclic amines) is 1. The van der Waals surface area contributed by atoms with E-state index in [0.717, 1.165) is 29.5 Å². The molecule has 134 valence electrons. The molecule has 4 nitrogen and oxygen atoms in total. The minimum absolute atomic E-state index is 0.106. The highest BCUT2D eigenvalue weighted by Crippen LogP contribution is 2.21. The molecule has 26 heavy (non-hydrogen) atoms. The average molecular weight is 348 g/mol. The lowest BCUT2D eigenvalue weighted by molar-refractivity contribution is 0.0261. The summed E-state index contributed by atoms with van der Waals surface area (Å²) in [6.45, 7) is 6.32. The second-order valence-corrected chi connectivity index (χ2v) is 7.43. The van der Waals surface area contributed by atoms with E-state index in [1.165, 1.54) is 0 Å². The summed E-state index contributed by atoms with van der Waals surface area (Å²) in [5.41, 5.74) is 2.50. The topological polar surface area (TPSA) is 42.4 Å². The SMILES string of the molecule is CC(C)(C)OC(=O)N1CCCC1C#Cc1cncc(-c2ccccc2)c1. The lowest BCUT2D eigenvalue weighted by Crippen LogP contribution is -2.39. The quantitative estimate of drug-likeness (QED) is 0.713. The molecule has 0 saturated carbocycles. The Morgan fingerprint density at radius 1 is 1.19 bits per heavy atom. The Labute approximate surface area is 155 Å². The molecular formula is C22H24N2O2. The van der Waals surface area contributed by atoms with Gasteiger partial charge in [0.2, 0.25) is 0 Å². The Morgan fingerprint density at radius 2 is 1.96 bits per heavy atom. The third-order valence-corrected chi connectivity index (χ3v) is 4.11. The minimum atomic E-state index is -0.494. The van der Waals surface area contributed by atoms with Gasteiger partial charge in [0.05, 0.1) is 6.04 Å². The molecule has 1 aliphatic rings. The Hall–Kier alpha value is -2.80. The van der Waals surface area contributed by atoms with Gasteiger partial charge in [-0.1, -0.05) is 42.2 Å². The van der Waals surface area contributed by atoms with E-state index in [9.17, 15) is 4.79 Å². The number of carbonyl (C=O) groups excluding carboxylic acids is 1. The predicted octanol–water partition coefficient (Wildman–Crippen LogP) is 4.50.